The summed E-state index contributed by atoms with van der Waals surface area (Å²) < 4.78 is 298. The van der Waals surface area contributed by atoms with E-state index in [0.717, 1.165) is 12.8 Å². The van der Waals surface area contributed by atoms with Crippen LogP contribution in [0.1, 0.15) is 296 Å². The highest BCUT2D eigenvalue weighted by atomic mass is 14.1. The van der Waals surface area contributed by atoms with Gasteiger partial charge in [-0.1, -0.05) is 279 Å². The Bertz CT molecular complexity index is 2930. The fourth-order valence-electron chi connectivity index (χ4n) is 3.92. The molecule has 0 spiro atoms. The monoisotopic (exact) mass is 969 g/mol. The average Bonchev–Trinajstić information content (AvgIpc) is 0.705. The minimum atomic E-state index is -3.48. The van der Waals surface area contributed by atoms with Gasteiger partial charge in [0.15, 0.2) is 0 Å². The lowest BCUT2D eigenvalue weighted by atomic mass is 9.94. The van der Waals surface area contributed by atoms with E-state index in [2.05, 4.69) is 157 Å². The summed E-state index contributed by atoms with van der Waals surface area (Å²) >= 11 is 0. The first kappa shape index (κ1) is 25.3. The molecule has 0 aliphatic heterocycles. The van der Waals surface area contributed by atoms with Crippen molar-refractivity contribution in [2.75, 3.05) is 0 Å². The third kappa shape index (κ3) is 62.9. The highest BCUT2D eigenvalue weighted by Gasteiger charge is 2.04. The molecule has 0 amide bonds. The Kier molecular flexibility index (Phi) is 17.6. The fraction of sp³-hybridized carbons (Fsp3) is 0.642. The van der Waals surface area contributed by atoms with Gasteiger partial charge < -0.3 is 0 Å². The van der Waals surface area contributed by atoms with Gasteiger partial charge in [-0.2, -0.15) is 0 Å². The SMILES string of the molecule is CCCC(C)C.Cc1cc(C)c(C)c(C)c1.Cc1cccc(C)c1C.Cc1ccccc1.Cc1ccccc1C.[2H]C([2H])([2H])C(C([2H])([2H])[2H])(C([2H])([2H])[2H])C([2H])([2H])C.[2H]C([2H])([2H])C(CC)(C([2H])([2H])[2H])C([2H])([2H])[2H].[2H]C([2H])([2H])C(CC)C([2H])([2H])[2H].[2H]C([2H])([2H])C([2H])(C([2H])([2H])[2H])C([2H])([2H])C.[2H]C([2H])([2H])C([2H])(CC)C([2H])([2H])[2H]. The van der Waals surface area contributed by atoms with E-state index in [9.17, 15) is 0 Å². The number of benzene rings is 4. The van der Waals surface area contributed by atoms with Gasteiger partial charge in [-0.25, -0.2) is 0 Å². The molecular weight excluding hydrogens is 805 g/mol. The molecule has 0 saturated carbocycles. The minimum absolute atomic E-state index is 0.160. The highest BCUT2D eigenvalue weighted by Crippen LogP contribution is 2.17. The van der Waals surface area contributed by atoms with Crippen LogP contribution >= 0.6 is 0 Å². The normalized spacial score (nSPS) is 22.3. The largest absolute Gasteiger partial charge is 0.0654 e. The molecule has 0 aromatic heterocycles. The van der Waals surface area contributed by atoms with Crippen LogP contribution in [0, 0.1) is 104 Å². The molecule has 4 aromatic rings. The summed E-state index contributed by atoms with van der Waals surface area (Å²) in [5.74, 6) is -5.72. The van der Waals surface area contributed by atoms with Crippen LogP contribution in [-0.4, -0.2) is 0 Å². The maximum atomic E-state index is 7.39. The van der Waals surface area contributed by atoms with Crippen LogP contribution in [0.25, 0.3) is 0 Å². The summed E-state index contributed by atoms with van der Waals surface area (Å²) in [6.07, 6.45) is -3.35. The second-order valence-corrected chi connectivity index (χ2v) is 16.1. The highest BCUT2D eigenvalue weighted by molar-refractivity contribution is 5.36. The Morgan fingerprint density at radius 1 is 0.448 bits per heavy atom. The Balaban J connectivity index is -0.000000274. The Hall–Kier alpha value is -3.12. The van der Waals surface area contributed by atoms with E-state index >= 15 is 0 Å². The molecule has 0 aliphatic carbocycles. The molecule has 4 rings (SSSR count). The Morgan fingerprint density at radius 2 is 0.866 bits per heavy atom. The maximum Gasteiger partial charge on any atom is 0.0297 e. The zero-order valence-electron chi connectivity index (χ0n) is 86.8. The molecule has 0 radical (unpaired) electrons. The number of hydrogen-bond acceptors (Lipinski definition) is 0. The Labute approximate surface area is 484 Å². The second-order valence-electron chi connectivity index (χ2n) is 16.1. The van der Waals surface area contributed by atoms with Gasteiger partial charge in [0.05, 0.1) is 0 Å². The van der Waals surface area contributed by atoms with Gasteiger partial charge in [0.1, 0.15) is 0 Å². The lowest BCUT2D eigenvalue weighted by Gasteiger charge is -2.12. The molecule has 0 aliphatic rings. The molecule has 0 fully saturated rings. The first-order chi connectivity index (χ1) is 47.6. The van der Waals surface area contributed by atoms with Gasteiger partial charge in [0, 0.05) is 57.6 Å². The Morgan fingerprint density at radius 3 is 1.03 bits per heavy atom. The molecule has 0 bridgehead atoms. The third-order valence-corrected chi connectivity index (χ3v) is 9.10. The van der Waals surface area contributed by atoms with Crippen molar-refractivity contribution in [2.45, 2.75) is 252 Å². The van der Waals surface area contributed by atoms with Gasteiger partial charge >= 0.3 is 0 Å². The number of rotatable bonds is 5. The molecule has 0 unspecified atom stereocenters. The van der Waals surface area contributed by atoms with Crippen molar-refractivity contribution in [3.05, 3.63) is 141 Å². The molecule has 0 heterocycles. The smallest absolute Gasteiger partial charge is 0.0297 e. The summed E-state index contributed by atoms with van der Waals surface area (Å²) in [6.45, 7) is -2.40. The van der Waals surface area contributed by atoms with Crippen molar-refractivity contribution in [3.63, 3.8) is 0 Å². The van der Waals surface area contributed by atoms with Crippen LogP contribution in [0.4, 0.5) is 0 Å². The lowest BCUT2D eigenvalue weighted by molar-refractivity contribution is 0.397. The van der Waals surface area contributed by atoms with Crippen LogP contribution < -0.4 is 0 Å². The van der Waals surface area contributed by atoms with Gasteiger partial charge in [-0.15, -0.1) is 0 Å². The van der Waals surface area contributed by atoms with Crippen molar-refractivity contribution in [3.8, 4) is 0 Å². The van der Waals surface area contributed by atoms with Crippen LogP contribution in [0.5, 0.6) is 0 Å². The van der Waals surface area contributed by atoms with Crippen molar-refractivity contribution in [2.24, 2.45) is 34.5 Å². The zero-order valence-corrected chi connectivity index (χ0v) is 44.8. The maximum absolute atomic E-state index is 7.39. The standard InChI is InChI=1S/C10H14.C9H12.C8H10.C7H8.3C6H14.3C5H12/c1-7-5-8(2)10(4)9(3)6-7;1-7-5-4-6-8(2)9(7)3;1-7-5-3-4-6-8(7)2;1-7-5-3-2-4-6-7;2*1-5-6(2,3)4;1-4-5-6(2)3;3*1-4-5(2)3/h5-6H,1-4H3;4-6H,1-3H3;3-6H,1-2H3;2-6H,1H3;2*5H2,1-4H3;6H,4-5H2,1-3H3;3*5H,4H2,1-3H3/i;;;;2D3,3D3,4D3,5D2;2D3,3D3,4D3;;2D3,3D3,4D2,5D;2D3,3D3,5D;2D3,3D3. The summed E-state index contributed by atoms with van der Waals surface area (Å²) in [4.78, 5) is 0. The molecule has 0 nitrogen and oxygen atoms in total. The van der Waals surface area contributed by atoms with Crippen LogP contribution in [-0.2, 0) is 0 Å². The van der Waals surface area contributed by atoms with E-state index < -0.39 is 130 Å². The second kappa shape index (κ2) is 46.6. The summed E-state index contributed by atoms with van der Waals surface area (Å²) in [6, 6.07) is 29.4. The predicted octanol–water partition coefficient (Wildman–Crippen LogP) is 23.3. The summed E-state index contributed by atoms with van der Waals surface area (Å²) in [7, 11) is 0. The average molecular weight is 970 g/mol. The molecule has 0 N–H and O–H groups in total. The van der Waals surface area contributed by atoms with E-state index in [-0.39, 0.29) is 12.8 Å². The molecule has 390 valence electrons. The van der Waals surface area contributed by atoms with Crippen molar-refractivity contribution >= 4 is 0 Å². The topological polar surface area (TPSA) is 0 Å². The quantitative estimate of drug-likeness (QED) is 0.187. The van der Waals surface area contributed by atoms with Crippen LogP contribution in [0.2, 0.25) is 0 Å². The predicted molar refractivity (Wildman–Crippen MR) is 318 cm³/mol. The zero-order chi connectivity index (χ0) is 89.4. The van der Waals surface area contributed by atoms with Gasteiger partial charge in [-0.3, -0.25) is 0 Å². The van der Waals surface area contributed by atoms with E-state index in [1.165, 1.54) is 82.3 Å². The number of hydrogen-bond donors (Lipinski definition) is 0. The summed E-state index contributed by atoms with van der Waals surface area (Å²) in [5, 5.41) is 0. The molecule has 0 saturated heterocycles. The van der Waals surface area contributed by atoms with Crippen molar-refractivity contribution in [1.82, 2.24) is 0 Å². The fourth-order valence-corrected chi connectivity index (χ4v) is 3.92. The first-order valence-corrected chi connectivity index (χ1v) is 22.7. The minimum Gasteiger partial charge on any atom is -0.0654 e. The third-order valence-electron chi connectivity index (χ3n) is 9.10. The van der Waals surface area contributed by atoms with Gasteiger partial charge in [0.2, 0.25) is 0 Å². The summed E-state index contributed by atoms with van der Waals surface area (Å²) in [5.41, 5.74) is 7.76. The van der Waals surface area contributed by atoms with E-state index in [0.29, 0.717) is 6.92 Å². The van der Waals surface area contributed by atoms with Crippen molar-refractivity contribution < 1.29 is 57.6 Å². The van der Waals surface area contributed by atoms with Crippen molar-refractivity contribution in [1.29, 1.82) is 0 Å². The van der Waals surface area contributed by atoms with E-state index in [1.54, 1.807) is 6.92 Å². The van der Waals surface area contributed by atoms with Crippen LogP contribution in [0.3, 0.4) is 0 Å². The molecule has 67 heavy (non-hydrogen) atoms. The molecule has 0 heteroatoms. The molecule has 0 atom stereocenters. The lowest BCUT2D eigenvalue weighted by Crippen LogP contribution is -2.00. The molecule has 4 aromatic carbocycles. The van der Waals surface area contributed by atoms with Gasteiger partial charge in [-0.05, 0) is 148 Å². The van der Waals surface area contributed by atoms with E-state index in [1.807, 2.05) is 18.2 Å². The van der Waals surface area contributed by atoms with Gasteiger partial charge in [0.25, 0.3) is 0 Å². The number of aryl methyl sites for hydroxylation is 8. The first-order valence-electron chi connectivity index (χ1n) is 43.7. The molecular formula is C67H122. The van der Waals surface area contributed by atoms with E-state index in [4.69, 9.17) is 57.6 Å². The van der Waals surface area contributed by atoms with Crippen LogP contribution in [0.15, 0.2) is 84.9 Å².